The van der Waals surface area contributed by atoms with E-state index in [1.807, 2.05) is 4.90 Å². The van der Waals surface area contributed by atoms with Crippen molar-refractivity contribution in [3.63, 3.8) is 0 Å². The zero-order valence-electron chi connectivity index (χ0n) is 20.6. The van der Waals surface area contributed by atoms with Crippen LogP contribution in [0.5, 0.6) is 0 Å². The lowest BCUT2D eigenvalue weighted by molar-refractivity contribution is -0.152. The lowest BCUT2D eigenvalue weighted by Crippen LogP contribution is -2.58. The highest BCUT2D eigenvalue weighted by Crippen LogP contribution is 2.47. The Morgan fingerprint density at radius 1 is 0.906 bits per heavy atom. The molecule has 32 heavy (non-hydrogen) atoms. The van der Waals surface area contributed by atoms with E-state index in [1.165, 1.54) is 25.7 Å². The molecule has 2 saturated heterocycles. The first kappa shape index (κ1) is 24.4. The molecular formula is C26H45F2N3O. The minimum atomic E-state index is -2.73. The normalized spacial score (nSPS) is 32.5. The van der Waals surface area contributed by atoms with E-state index in [0.29, 0.717) is 17.9 Å². The molecule has 4 fully saturated rings. The van der Waals surface area contributed by atoms with Crippen LogP contribution >= 0.6 is 0 Å². The third kappa shape index (κ3) is 5.16. The number of nitrogens with zero attached hydrogens (tertiary/aromatic N) is 3. The van der Waals surface area contributed by atoms with Crippen LogP contribution in [-0.4, -0.2) is 77.9 Å². The highest BCUT2D eigenvalue weighted by Gasteiger charge is 2.50. The predicted octanol–water partition coefficient (Wildman–Crippen LogP) is 5.03. The van der Waals surface area contributed by atoms with Crippen LogP contribution in [0, 0.1) is 17.3 Å². The molecule has 2 aliphatic carbocycles. The molecule has 0 N–H and O–H groups in total. The van der Waals surface area contributed by atoms with E-state index in [1.54, 1.807) is 0 Å². The van der Waals surface area contributed by atoms with Crippen molar-refractivity contribution in [3.8, 4) is 0 Å². The summed E-state index contributed by atoms with van der Waals surface area (Å²) >= 11 is 0. The second-order valence-corrected chi connectivity index (χ2v) is 11.7. The van der Waals surface area contributed by atoms with Crippen LogP contribution in [0.15, 0.2) is 0 Å². The van der Waals surface area contributed by atoms with Crippen LogP contribution < -0.4 is 0 Å². The Hall–Kier alpha value is -0.750. The summed E-state index contributed by atoms with van der Waals surface area (Å²) < 4.78 is 30.3. The second kappa shape index (κ2) is 9.85. The van der Waals surface area contributed by atoms with Crippen LogP contribution in [0.4, 0.5) is 8.78 Å². The number of rotatable bonds is 5. The first-order valence-electron chi connectivity index (χ1n) is 13.3. The van der Waals surface area contributed by atoms with Gasteiger partial charge in [0.05, 0.1) is 0 Å². The maximum atomic E-state index is 15.1. The van der Waals surface area contributed by atoms with Gasteiger partial charge < -0.3 is 4.90 Å². The summed E-state index contributed by atoms with van der Waals surface area (Å²) in [7, 11) is 0. The van der Waals surface area contributed by atoms with Crippen LogP contribution in [0.2, 0.25) is 0 Å². The minimum absolute atomic E-state index is 0.0161. The number of piperazine rings is 1. The van der Waals surface area contributed by atoms with Crippen molar-refractivity contribution in [1.82, 2.24) is 14.7 Å². The van der Waals surface area contributed by atoms with Gasteiger partial charge in [-0.3, -0.25) is 14.6 Å². The quantitative estimate of drug-likeness (QED) is 0.584. The molecule has 2 atom stereocenters. The summed E-state index contributed by atoms with van der Waals surface area (Å²) in [6, 6.07) is 0.335. The summed E-state index contributed by atoms with van der Waals surface area (Å²) in [5.41, 5.74) is 0.334. The average Bonchev–Trinajstić information content (AvgIpc) is 3.31. The molecule has 0 aromatic rings. The minimum Gasteiger partial charge on any atom is -0.343 e. The summed E-state index contributed by atoms with van der Waals surface area (Å²) in [5, 5.41) is 0. The number of likely N-dealkylation sites (tertiary alicyclic amines) is 1. The maximum Gasteiger partial charge on any atom is 0.252 e. The monoisotopic (exact) mass is 453 g/mol. The van der Waals surface area contributed by atoms with Crippen LogP contribution in [0.25, 0.3) is 0 Å². The molecule has 2 heterocycles. The van der Waals surface area contributed by atoms with E-state index in [-0.39, 0.29) is 24.8 Å². The van der Waals surface area contributed by atoms with E-state index in [2.05, 4.69) is 30.6 Å². The molecule has 0 spiro atoms. The molecule has 2 aliphatic heterocycles. The van der Waals surface area contributed by atoms with E-state index in [9.17, 15) is 4.79 Å². The Labute approximate surface area is 194 Å². The number of carbonyl (C=O) groups is 1. The van der Waals surface area contributed by atoms with Crippen molar-refractivity contribution < 1.29 is 13.6 Å². The maximum absolute atomic E-state index is 15.1. The zero-order valence-corrected chi connectivity index (χ0v) is 20.6. The van der Waals surface area contributed by atoms with Gasteiger partial charge in [0.15, 0.2) is 0 Å². The standard InChI is InChI=1S/C26H45F2N3O/c1-20(2)29-15-17-30(18-16-29)23-9-6-10-26(27,28)22(23)19-24(32)31-13-11-25(3,12-14-31)21-7-4-5-8-21/h20-23H,4-19H2,1-3H3/t22?,23-/m0/s1. The molecule has 0 aromatic heterocycles. The van der Waals surface area contributed by atoms with Crippen molar-refractivity contribution >= 4 is 5.91 Å². The number of alkyl halides is 2. The van der Waals surface area contributed by atoms with Crippen LogP contribution in [0.1, 0.15) is 85.0 Å². The molecule has 0 aromatic carbocycles. The third-order valence-electron chi connectivity index (χ3n) is 9.56. The van der Waals surface area contributed by atoms with Crippen LogP contribution in [-0.2, 0) is 4.79 Å². The fraction of sp³-hybridized carbons (Fsp3) is 0.962. The molecule has 0 bridgehead atoms. The number of halogens is 2. The summed E-state index contributed by atoms with van der Waals surface area (Å²) in [4.78, 5) is 19.8. The molecular weight excluding hydrogens is 408 g/mol. The first-order valence-corrected chi connectivity index (χ1v) is 13.3. The van der Waals surface area contributed by atoms with Gasteiger partial charge in [-0.2, -0.15) is 0 Å². The van der Waals surface area contributed by atoms with Gasteiger partial charge in [-0.25, -0.2) is 8.78 Å². The number of carbonyl (C=O) groups excluding carboxylic acids is 1. The first-order chi connectivity index (χ1) is 15.2. The Kier molecular flexibility index (Phi) is 7.51. The summed E-state index contributed by atoms with van der Waals surface area (Å²) in [5.74, 6) is -2.81. The fourth-order valence-corrected chi connectivity index (χ4v) is 7.14. The predicted molar refractivity (Wildman–Crippen MR) is 125 cm³/mol. The molecule has 184 valence electrons. The van der Waals surface area contributed by atoms with E-state index in [4.69, 9.17) is 0 Å². The van der Waals surface area contributed by atoms with Gasteiger partial charge in [0.2, 0.25) is 5.91 Å². The van der Waals surface area contributed by atoms with Gasteiger partial charge in [0.1, 0.15) is 0 Å². The third-order valence-corrected chi connectivity index (χ3v) is 9.56. The van der Waals surface area contributed by atoms with E-state index >= 15 is 8.78 Å². The molecule has 1 unspecified atom stereocenters. The molecule has 1 amide bonds. The van der Waals surface area contributed by atoms with Gasteiger partial charge in [-0.15, -0.1) is 0 Å². The zero-order chi connectivity index (χ0) is 22.9. The molecule has 4 rings (SSSR count). The van der Waals surface area contributed by atoms with Crippen molar-refractivity contribution in [2.45, 2.75) is 103 Å². The number of piperidine rings is 1. The van der Waals surface area contributed by atoms with Gasteiger partial charge in [0.25, 0.3) is 5.92 Å². The Morgan fingerprint density at radius 2 is 1.53 bits per heavy atom. The number of hydrogen-bond acceptors (Lipinski definition) is 3. The molecule has 4 aliphatic rings. The molecule has 2 saturated carbocycles. The Morgan fingerprint density at radius 3 is 2.12 bits per heavy atom. The second-order valence-electron chi connectivity index (χ2n) is 11.7. The lowest BCUT2D eigenvalue weighted by atomic mass is 9.69. The van der Waals surface area contributed by atoms with Gasteiger partial charge >= 0.3 is 0 Å². The highest BCUT2D eigenvalue weighted by atomic mass is 19.3. The molecule has 0 radical (unpaired) electrons. The molecule has 6 heteroatoms. The van der Waals surface area contributed by atoms with Crippen LogP contribution in [0.3, 0.4) is 0 Å². The van der Waals surface area contributed by atoms with E-state index in [0.717, 1.165) is 64.4 Å². The highest BCUT2D eigenvalue weighted by molar-refractivity contribution is 5.76. The van der Waals surface area contributed by atoms with Gasteiger partial charge in [0, 0.05) is 70.1 Å². The van der Waals surface area contributed by atoms with Crippen molar-refractivity contribution in [3.05, 3.63) is 0 Å². The van der Waals surface area contributed by atoms with Gasteiger partial charge in [-0.1, -0.05) is 19.8 Å². The topological polar surface area (TPSA) is 26.8 Å². The Balaban J connectivity index is 1.36. The number of amides is 1. The average molecular weight is 454 g/mol. The lowest BCUT2D eigenvalue weighted by Gasteiger charge is -2.48. The summed E-state index contributed by atoms with van der Waals surface area (Å²) in [6.07, 6.45) is 8.71. The van der Waals surface area contributed by atoms with Crippen molar-refractivity contribution in [1.29, 1.82) is 0 Å². The molecule has 4 nitrogen and oxygen atoms in total. The van der Waals surface area contributed by atoms with Gasteiger partial charge in [-0.05, 0) is 63.7 Å². The summed E-state index contributed by atoms with van der Waals surface area (Å²) in [6.45, 7) is 11.8. The van der Waals surface area contributed by atoms with Crippen molar-refractivity contribution in [2.75, 3.05) is 39.3 Å². The van der Waals surface area contributed by atoms with Crippen molar-refractivity contribution in [2.24, 2.45) is 17.3 Å². The fourth-order valence-electron chi connectivity index (χ4n) is 7.14. The number of hydrogen-bond donors (Lipinski definition) is 0. The largest absolute Gasteiger partial charge is 0.343 e. The SMILES string of the molecule is CC(C)N1CCN([C@H]2CCCC(F)(F)C2CC(=O)N2CCC(C)(C3CCCC3)CC2)CC1. The van der Waals surface area contributed by atoms with E-state index < -0.39 is 11.8 Å². The smallest absolute Gasteiger partial charge is 0.252 e. The Bertz CT molecular complexity index is 633.